The Morgan fingerprint density at radius 1 is 1.15 bits per heavy atom. The Morgan fingerprint density at radius 3 is 2.74 bits per heavy atom. The fourth-order valence-electron chi connectivity index (χ4n) is 2.56. The van der Waals surface area contributed by atoms with E-state index in [9.17, 15) is 4.79 Å². The van der Waals surface area contributed by atoms with Gasteiger partial charge in [0.15, 0.2) is 0 Å². The van der Waals surface area contributed by atoms with Crippen LogP contribution in [0.3, 0.4) is 0 Å². The van der Waals surface area contributed by atoms with E-state index in [1.807, 2.05) is 44.2 Å². The molecule has 2 N–H and O–H groups in total. The SMILES string of the molecule is COc1ccc(C)cc1Nc1nc(C)cc(C(=O)NCc2cccnc2)n1. The van der Waals surface area contributed by atoms with Gasteiger partial charge in [0, 0.05) is 24.6 Å². The lowest BCUT2D eigenvalue weighted by molar-refractivity contribution is 0.0945. The summed E-state index contributed by atoms with van der Waals surface area (Å²) in [6.45, 7) is 4.18. The number of ether oxygens (including phenoxy) is 1. The Hall–Kier alpha value is -3.48. The van der Waals surface area contributed by atoms with Crippen molar-refractivity contribution in [1.82, 2.24) is 20.3 Å². The van der Waals surface area contributed by atoms with Crippen molar-refractivity contribution in [1.29, 1.82) is 0 Å². The van der Waals surface area contributed by atoms with E-state index in [0.29, 0.717) is 29.6 Å². The second-order valence-corrected chi connectivity index (χ2v) is 6.09. The summed E-state index contributed by atoms with van der Waals surface area (Å²) in [4.78, 5) is 25.2. The lowest BCUT2D eigenvalue weighted by Gasteiger charge is -2.12. The monoisotopic (exact) mass is 363 g/mol. The zero-order valence-corrected chi connectivity index (χ0v) is 15.5. The van der Waals surface area contributed by atoms with Crippen LogP contribution in [0.1, 0.15) is 27.3 Å². The van der Waals surface area contributed by atoms with Crippen LogP contribution in [-0.2, 0) is 6.54 Å². The molecule has 0 fully saturated rings. The van der Waals surface area contributed by atoms with Crippen LogP contribution in [0.2, 0.25) is 0 Å². The maximum Gasteiger partial charge on any atom is 0.270 e. The average Bonchev–Trinajstić information content (AvgIpc) is 2.66. The van der Waals surface area contributed by atoms with E-state index in [0.717, 1.165) is 16.8 Å². The number of hydrogen-bond acceptors (Lipinski definition) is 6. The number of amides is 1. The van der Waals surface area contributed by atoms with Crippen molar-refractivity contribution >= 4 is 17.5 Å². The van der Waals surface area contributed by atoms with Gasteiger partial charge in [0.2, 0.25) is 5.95 Å². The highest BCUT2D eigenvalue weighted by Gasteiger charge is 2.12. The maximum absolute atomic E-state index is 12.5. The number of carbonyl (C=O) groups is 1. The lowest BCUT2D eigenvalue weighted by Crippen LogP contribution is -2.24. The Kier molecular flexibility index (Phi) is 5.61. The molecule has 0 aliphatic heterocycles. The number of anilines is 2. The molecular weight excluding hydrogens is 342 g/mol. The highest BCUT2D eigenvalue weighted by atomic mass is 16.5. The van der Waals surface area contributed by atoms with Crippen LogP contribution in [0.4, 0.5) is 11.6 Å². The van der Waals surface area contributed by atoms with E-state index in [1.54, 1.807) is 25.6 Å². The number of nitrogens with zero attached hydrogens (tertiary/aromatic N) is 3. The Labute approximate surface area is 157 Å². The molecular formula is C20H21N5O2. The molecule has 3 rings (SSSR count). The van der Waals surface area contributed by atoms with Gasteiger partial charge < -0.3 is 15.4 Å². The summed E-state index contributed by atoms with van der Waals surface area (Å²) in [5.74, 6) is 0.738. The Morgan fingerprint density at radius 2 is 2.00 bits per heavy atom. The molecule has 0 radical (unpaired) electrons. The van der Waals surface area contributed by atoms with Gasteiger partial charge in [-0.25, -0.2) is 9.97 Å². The first-order valence-electron chi connectivity index (χ1n) is 8.49. The van der Waals surface area contributed by atoms with Crippen LogP contribution in [0, 0.1) is 13.8 Å². The van der Waals surface area contributed by atoms with Crippen molar-refractivity contribution in [2.75, 3.05) is 12.4 Å². The molecule has 7 heteroatoms. The van der Waals surface area contributed by atoms with Crippen molar-refractivity contribution in [2.45, 2.75) is 20.4 Å². The van der Waals surface area contributed by atoms with Crippen molar-refractivity contribution in [2.24, 2.45) is 0 Å². The molecule has 0 saturated carbocycles. The van der Waals surface area contributed by atoms with E-state index < -0.39 is 0 Å². The summed E-state index contributed by atoms with van der Waals surface area (Å²) in [5.41, 5.74) is 3.70. The second-order valence-electron chi connectivity index (χ2n) is 6.09. The van der Waals surface area contributed by atoms with Crippen molar-refractivity contribution in [3.8, 4) is 5.75 Å². The zero-order chi connectivity index (χ0) is 19.2. The number of pyridine rings is 1. The molecule has 7 nitrogen and oxygen atoms in total. The summed E-state index contributed by atoms with van der Waals surface area (Å²) >= 11 is 0. The van der Waals surface area contributed by atoms with E-state index >= 15 is 0 Å². The van der Waals surface area contributed by atoms with Gasteiger partial charge in [-0.05, 0) is 49.2 Å². The number of benzene rings is 1. The minimum absolute atomic E-state index is 0.274. The molecule has 2 aromatic heterocycles. The third-order valence-electron chi connectivity index (χ3n) is 3.86. The second kappa shape index (κ2) is 8.27. The number of aromatic nitrogens is 3. The van der Waals surface area contributed by atoms with Crippen molar-refractivity contribution in [3.63, 3.8) is 0 Å². The normalized spacial score (nSPS) is 10.3. The fourth-order valence-corrected chi connectivity index (χ4v) is 2.56. The molecule has 1 amide bonds. The van der Waals surface area contributed by atoms with Gasteiger partial charge in [-0.15, -0.1) is 0 Å². The number of aryl methyl sites for hydroxylation is 2. The molecule has 0 bridgehead atoms. The van der Waals surface area contributed by atoms with E-state index in [4.69, 9.17) is 4.74 Å². The molecule has 27 heavy (non-hydrogen) atoms. The molecule has 3 aromatic rings. The zero-order valence-electron chi connectivity index (χ0n) is 15.5. The minimum Gasteiger partial charge on any atom is -0.495 e. The van der Waals surface area contributed by atoms with Crippen LogP contribution in [0.5, 0.6) is 5.75 Å². The van der Waals surface area contributed by atoms with Gasteiger partial charge in [-0.2, -0.15) is 0 Å². The summed E-state index contributed by atoms with van der Waals surface area (Å²) in [5, 5.41) is 5.98. The number of carbonyl (C=O) groups excluding carboxylic acids is 1. The first kappa shape index (κ1) is 18.3. The topological polar surface area (TPSA) is 89.0 Å². The number of nitrogens with one attached hydrogen (secondary N) is 2. The first-order chi connectivity index (χ1) is 13.0. The third-order valence-corrected chi connectivity index (χ3v) is 3.86. The Balaban J connectivity index is 1.78. The number of rotatable bonds is 6. The van der Waals surface area contributed by atoms with Crippen molar-refractivity contribution < 1.29 is 9.53 Å². The van der Waals surface area contributed by atoms with Crippen LogP contribution >= 0.6 is 0 Å². The summed E-state index contributed by atoms with van der Waals surface area (Å²) in [6, 6.07) is 11.1. The largest absolute Gasteiger partial charge is 0.495 e. The third kappa shape index (κ3) is 4.78. The van der Waals surface area contributed by atoms with Gasteiger partial charge in [-0.3, -0.25) is 9.78 Å². The highest BCUT2D eigenvalue weighted by Crippen LogP contribution is 2.27. The molecule has 2 heterocycles. The van der Waals surface area contributed by atoms with Gasteiger partial charge in [-0.1, -0.05) is 12.1 Å². The predicted molar refractivity (Wildman–Crippen MR) is 103 cm³/mol. The van der Waals surface area contributed by atoms with Crippen LogP contribution < -0.4 is 15.4 Å². The molecule has 138 valence electrons. The Bertz CT molecular complexity index is 944. The highest BCUT2D eigenvalue weighted by molar-refractivity contribution is 5.92. The number of hydrogen-bond donors (Lipinski definition) is 2. The quantitative estimate of drug-likeness (QED) is 0.699. The minimum atomic E-state index is -0.274. The standard InChI is InChI=1S/C20H21N5O2/c1-13-6-7-18(27-3)16(9-13)24-20-23-14(2)10-17(25-20)19(26)22-12-15-5-4-8-21-11-15/h4-11H,12H2,1-3H3,(H,22,26)(H,23,24,25). The van der Waals surface area contributed by atoms with Crippen LogP contribution in [-0.4, -0.2) is 28.0 Å². The summed E-state index contributed by atoms with van der Waals surface area (Å²) < 4.78 is 5.36. The van der Waals surface area contributed by atoms with Gasteiger partial charge in [0.05, 0.1) is 12.8 Å². The molecule has 0 spiro atoms. The lowest BCUT2D eigenvalue weighted by atomic mass is 10.2. The van der Waals surface area contributed by atoms with Gasteiger partial charge in [0.25, 0.3) is 5.91 Å². The predicted octanol–water partition coefficient (Wildman–Crippen LogP) is 3.17. The van der Waals surface area contributed by atoms with Crippen molar-refractivity contribution in [3.05, 3.63) is 71.3 Å². The molecule has 0 aliphatic carbocycles. The molecule has 1 aromatic carbocycles. The number of methoxy groups -OCH3 is 1. The fraction of sp³-hybridized carbons (Fsp3) is 0.200. The smallest absolute Gasteiger partial charge is 0.270 e. The molecule has 0 atom stereocenters. The van der Waals surface area contributed by atoms with Gasteiger partial charge >= 0.3 is 0 Å². The molecule has 0 aliphatic rings. The summed E-state index contributed by atoms with van der Waals surface area (Å²) in [6.07, 6.45) is 3.40. The van der Waals surface area contributed by atoms with Crippen LogP contribution in [0.15, 0.2) is 48.8 Å². The summed E-state index contributed by atoms with van der Waals surface area (Å²) in [7, 11) is 1.60. The average molecular weight is 363 g/mol. The van der Waals surface area contributed by atoms with Crippen LogP contribution in [0.25, 0.3) is 0 Å². The van der Waals surface area contributed by atoms with E-state index in [1.165, 1.54) is 0 Å². The van der Waals surface area contributed by atoms with E-state index in [2.05, 4.69) is 25.6 Å². The van der Waals surface area contributed by atoms with E-state index in [-0.39, 0.29) is 5.91 Å². The van der Waals surface area contributed by atoms with Gasteiger partial charge in [0.1, 0.15) is 11.4 Å². The molecule has 0 saturated heterocycles. The maximum atomic E-state index is 12.5. The first-order valence-corrected chi connectivity index (χ1v) is 8.49. The molecule has 0 unspecified atom stereocenters.